The summed E-state index contributed by atoms with van der Waals surface area (Å²) in [6, 6.07) is 16.2. The second-order valence-electron chi connectivity index (χ2n) is 8.70. The van der Waals surface area contributed by atoms with Crippen LogP contribution < -0.4 is 4.74 Å². The van der Waals surface area contributed by atoms with Gasteiger partial charge in [0.25, 0.3) is 0 Å². The number of ether oxygens (including phenoxy) is 2. The van der Waals surface area contributed by atoms with E-state index in [2.05, 4.69) is 28.6 Å². The van der Waals surface area contributed by atoms with Gasteiger partial charge in [-0.3, -0.25) is 4.79 Å². The van der Waals surface area contributed by atoms with Crippen molar-refractivity contribution in [2.75, 3.05) is 13.7 Å². The number of carbonyl (C=O) groups is 1. The Kier molecular flexibility index (Phi) is 6.43. The summed E-state index contributed by atoms with van der Waals surface area (Å²) >= 11 is 3.55. The van der Waals surface area contributed by atoms with Gasteiger partial charge in [0.15, 0.2) is 5.65 Å². The topological polar surface area (TPSA) is 65.7 Å². The number of esters is 1. The minimum atomic E-state index is -0.319. The molecule has 0 N–H and O–H groups in total. The first-order chi connectivity index (χ1) is 17.0. The molecule has 35 heavy (non-hydrogen) atoms. The minimum Gasteiger partial charge on any atom is -0.493 e. The molecular weight excluding hydrogens is 506 g/mol. The third-order valence-corrected chi connectivity index (χ3v) is 6.97. The van der Waals surface area contributed by atoms with Crippen molar-refractivity contribution in [1.29, 1.82) is 0 Å². The Morgan fingerprint density at radius 2 is 2.11 bits per heavy atom. The van der Waals surface area contributed by atoms with Crippen LogP contribution >= 0.6 is 15.9 Å². The van der Waals surface area contributed by atoms with Crippen molar-refractivity contribution in [3.63, 3.8) is 0 Å². The highest BCUT2D eigenvalue weighted by Gasteiger charge is 2.24. The molecule has 1 unspecified atom stereocenters. The molecule has 0 saturated carbocycles. The number of benzene rings is 2. The fraction of sp³-hybridized carbons (Fsp3) is 0.250. The molecule has 0 amide bonds. The fourth-order valence-electron chi connectivity index (χ4n) is 4.73. The van der Waals surface area contributed by atoms with Gasteiger partial charge in [0.2, 0.25) is 0 Å². The molecule has 6 nitrogen and oxygen atoms in total. The van der Waals surface area contributed by atoms with Crippen molar-refractivity contribution < 1.29 is 14.3 Å². The van der Waals surface area contributed by atoms with Crippen LogP contribution in [0, 0.1) is 6.92 Å². The molecule has 1 atom stereocenters. The van der Waals surface area contributed by atoms with Gasteiger partial charge < -0.3 is 9.47 Å². The van der Waals surface area contributed by atoms with E-state index in [0.29, 0.717) is 12.5 Å². The lowest BCUT2D eigenvalue weighted by Gasteiger charge is -2.26. The third kappa shape index (κ3) is 4.48. The summed E-state index contributed by atoms with van der Waals surface area (Å²) in [6.45, 7) is 6.56. The van der Waals surface area contributed by atoms with Crippen molar-refractivity contribution in [3.05, 3.63) is 82.5 Å². The maximum atomic E-state index is 12.4. The number of methoxy groups -OCH3 is 1. The van der Waals surface area contributed by atoms with Crippen LogP contribution in [0.2, 0.25) is 0 Å². The van der Waals surface area contributed by atoms with Crippen LogP contribution in [0.4, 0.5) is 0 Å². The smallest absolute Gasteiger partial charge is 0.310 e. The van der Waals surface area contributed by atoms with Gasteiger partial charge in [-0.1, -0.05) is 34.1 Å². The lowest BCUT2D eigenvalue weighted by atomic mass is 9.88. The van der Waals surface area contributed by atoms with Crippen LogP contribution in [0.3, 0.4) is 0 Å². The van der Waals surface area contributed by atoms with Crippen LogP contribution in [0.5, 0.6) is 5.75 Å². The molecular formula is C28H26BrN3O3. The van der Waals surface area contributed by atoms with Crippen LogP contribution in [0.25, 0.3) is 28.2 Å². The van der Waals surface area contributed by atoms with Crippen molar-refractivity contribution in [2.24, 2.45) is 0 Å². The summed E-state index contributed by atoms with van der Waals surface area (Å²) in [4.78, 5) is 17.2. The van der Waals surface area contributed by atoms with E-state index in [1.54, 1.807) is 0 Å². The molecule has 7 heteroatoms. The van der Waals surface area contributed by atoms with E-state index in [0.717, 1.165) is 68.0 Å². The molecule has 0 radical (unpaired) electrons. The lowest BCUT2D eigenvalue weighted by Crippen LogP contribution is -2.15. The Morgan fingerprint density at radius 3 is 2.89 bits per heavy atom. The molecule has 178 valence electrons. The van der Waals surface area contributed by atoms with Crippen LogP contribution in [0.1, 0.15) is 35.6 Å². The number of aromatic nitrogens is 3. The number of allylic oxidation sites excluding steroid dienone is 1. The Hall–Kier alpha value is -3.45. The van der Waals surface area contributed by atoms with Gasteiger partial charge in [-0.2, -0.15) is 5.10 Å². The summed E-state index contributed by atoms with van der Waals surface area (Å²) < 4.78 is 13.8. The van der Waals surface area contributed by atoms with Crippen molar-refractivity contribution in [2.45, 2.75) is 32.1 Å². The van der Waals surface area contributed by atoms with Gasteiger partial charge in [-0.05, 0) is 61.6 Å². The number of halogens is 1. The number of fused-ring (bicyclic) bond motifs is 2. The van der Waals surface area contributed by atoms with Crippen molar-refractivity contribution >= 4 is 27.5 Å². The summed E-state index contributed by atoms with van der Waals surface area (Å²) in [7, 11) is 1.40. The molecule has 0 fully saturated rings. The molecule has 2 aromatic heterocycles. The SMILES string of the molecule is C=CCC1CCOc2ccc(-c3c(CC(=O)OC)c(C)nc4cc(-c5cccc(Br)c5)nn34)cc21. The van der Waals surface area contributed by atoms with Crippen LogP contribution in [0.15, 0.2) is 65.7 Å². The van der Waals surface area contributed by atoms with Crippen LogP contribution in [-0.2, 0) is 16.0 Å². The number of rotatable bonds is 6. The first-order valence-corrected chi connectivity index (χ1v) is 12.4. The summed E-state index contributed by atoms with van der Waals surface area (Å²) in [5, 5.41) is 4.94. The highest BCUT2D eigenvalue weighted by molar-refractivity contribution is 9.10. The van der Waals surface area contributed by atoms with Crippen molar-refractivity contribution in [1.82, 2.24) is 14.6 Å². The summed E-state index contributed by atoms with van der Waals surface area (Å²) in [5.74, 6) is 0.924. The van der Waals surface area contributed by atoms with Gasteiger partial charge >= 0.3 is 5.97 Å². The largest absolute Gasteiger partial charge is 0.493 e. The maximum absolute atomic E-state index is 12.4. The second-order valence-corrected chi connectivity index (χ2v) is 9.61. The number of hydrogen-bond acceptors (Lipinski definition) is 5. The van der Waals surface area contributed by atoms with Gasteiger partial charge in [0.05, 0.1) is 31.5 Å². The van der Waals surface area contributed by atoms with Gasteiger partial charge in [-0.25, -0.2) is 9.50 Å². The van der Waals surface area contributed by atoms with E-state index in [9.17, 15) is 4.79 Å². The van der Waals surface area contributed by atoms with E-state index in [1.165, 1.54) is 7.11 Å². The van der Waals surface area contributed by atoms with Crippen molar-refractivity contribution in [3.8, 4) is 28.3 Å². The molecule has 1 aliphatic heterocycles. The van der Waals surface area contributed by atoms with E-state index < -0.39 is 0 Å². The lowest BCUT2D eigenvalue weighted by molar-refractivity contribution is -0.139. The number of hydrogen-bond donors (Lipinski definition) is 0. The average Bonchev–Trinajstić information content (AvgIpc) is 3.28. The average molecular weight is 532 g/mol. The Labute approximate surface area is 212 Å². The van der Waals surface area contributed by atoms with Gasteiger partial charge in [0.1, 0.15) is 5.75 Å². The molecule has 0 bridgehead atoms. The summed E-state index contributed by atoms with van der Waals surface area (Å²) in [5.41, 5.74) is 7.03. The highest BCUT2D eigenvalue weighted by atomic mass is 79.9. The monoisotopic (exact) mass is 531 g/mol. The van der Waals surface area contributed by atoms with E-state index >= 15 is 0 Å². The molecule has 0 aliphatic carbocycles. The normalized spacial score (nSPS) is 14.9. The number of carbonyl (C=O) groups excluding carboxylic acids is 1. The van der Waals surface area contributed by atoms with E-state index in [1.807, 2.05) is 60.0 Å². The first kappa shape index (κ1) is 23.3. The van der Waals surface area contributed by atoms with E-state index in [4.69, 9.17) is 19.6 Å². The minimum absolute atomic E-state index is 0.107. The van der Waals surface area contributed by atoms with Gasteiger partial charge in [-0.15, -0.1) is 6.58 Å². The zero-order valence-corrected chi connectivity index (χ0v) is 21.3. The fourth-order valence-corrected chi connectivity index (χ4v) is 5.13. The quantitative estimate of drug-likeness (QED) is 0.216. The third-order valence-electron chi connectivity index (χ3n) is 6.47. The van der Waals surface area contributed by atoms with Gasteiger partial charge in [0, 0.05) is 32.9 Å². The molecule has 0 spiro atoms. The molecule has 2 aromatic carbocycles. The summed E-state index contributed by atoms with van der Waals surface area (Å²) in [6.07, 6.45) is 3.89. The zero-order chi connectivity index (χ0) is 24.5. The Balaban J connectivity index is 1.74. The Morgan fingerprint density at radius 1 is 1.26 bits per heavy atom. The van der Waals surface area contributed by atoms with E-state index in [-0.39, 0.29) is 12.4 Å². The molecule has 3 heterocycles. The van der Waals surface area contributed by atoms with Crippen LogP contribution in [-0.4, -0.2) is 34.3 Å². The Bertz CT molecular complexity index is 1440. The molecule has 5 rings (SSSR count). The predicted molar refractivity (Wildman–Crippen MR) is 140 cm³/mol. The zero-order valence-electron chi connectivity index (χ0n) is 19.8. The maximum Gasteiger partial charge on any atom is 0.310 e. The number of nitrogens with zero attached hydrogens (tertiary/aromatic N) is 3. The standard InChI is InChI=1S/C28H26BrN3O3/c1-4-6-18-11-12-35-25-10-9-20(14-23(18)25)28-22(15-27(33)34-3)17(2)30-26-16-24(31-32(26)28)19-7-5-8-21(29)13-19/h4-5,7-10,13-14,16,18H,1,6,11-12,15H2,2-3H3. The highest BCUT2D eigenvalue weighted by Crippen LogP contribution is 2.40. The molecule has 4 aromatic rings. The molecule has 0 saturated heterocycles. The number of aryl methyl sites for hydroxylation is 1. The molecule has 1 aliphatic rings. The first-order valence-electron chi connectivity index (χ1n) is 11.6. The predicted octanol–water partition coefficient (Wildman–Crippen LogP) is 6.29. The second kappa shape index (κ2) is 9.66.